The Morgan fingerprint density at radius 3 is 1.00 bits per heavy atom. The standard InChI is InChI=1S/C37H72N2/c1-3-5-7-9-11-13-15-17-19-21-23-25-27-29-31-33-36-37(39-35-38-36)34-32-30-28-26-24-22-20-18-16-14-12-10-8-6-4-2/h35H,3-34H2,1-2H3,(H,38,39). The third-order valence-corrected chi connectivity index (χ3v) is 8.85. The summed E-state index contributed by atoms with van der Waals surface area (Å²) in [5.41, 5.74) is 2.78. The minimum absolute atomic E-state index is 1.18. The number of aryl methyl sites for hydroxylation is 2. The van der Waals surface area contributed by atoms with E-state index in [4.69, 9.17) is 0 Å². The lowest BCUT2D eigenvalue weighted by atomic mass is 10.0. The number of unbranched alkanes of at least 4 members (excludes halogenated alkanes) is 28. The Morgan fingerprint density at radius 1 is 0.385 bits per heavy atom. The second-order valence-corrected chi connectivity index (χ2v) is 12.7. The van der Waals surface area contributed by atoms with Crippen molar-refractivity contribution >= 4 is 0 Å². The predicted octanol–water partition coefficient (Wildman–Crippen LogP) is 13.2. The number of nitrogens with one attached hydrogen (secondary N) is 1. The Hall–Kier alpha value is -0.790. The minimum Gasteiger partial charge on any atom is -0.348 e. The number of hydrogen-bond donors (Lipinski definition) is 1. The average molecular weight is 545 g/mol. The number of aromatic nitrogens is 2. The summed E-state index contributed by atoms with van der Waals surface area (Å²) in [7, 11) is 0. The molecular formula is C37H72N2. The zero-order valence-electron chi connectivity index (χ0n) is 27.2. The van der Waals surface area contributed by atoms with Gasteiger partial charge in [-0.1, -0.05) is 194 Å². The van der Waals surface area contributed by atoms with Gasteiger partial charge >= 0.3 is 0 Å². The number of hydrogen-bond acceptors (Lipinski definition) is 1. The molecule has 0 spiro atoms. The fraction of sp³-hybridized carbons (Fsp3) is 0.919. The molecule has 0 unspecified atom stereocenters. The highest BCUT2D eigenvalue weighted by molar-refractivity contribution is 5.11. The van der Waals surface area contributed by atoms with Crippen LogP contribution in [0.4, 0.5) is 0 Å². The molecule has 2 nitrogen and oxygen atoms in total. The van der Waals surface area contributed by atoms with Crippen LogP contribution < -0.4 is 0 Å². The van der Waals surface area contributed by atoms with Crippen molar-refractivity contribution in [3.8, 4) is 0 Å². The molecule has 1 aromatic rings. The van der Waals surface area contributed by atoms with Crippen molar-refractivity contribution in [2.24, 2.45) is 0 Å². The van der Waals surface area contributed by atoms with Gasteiger partial charge in [-0.3, -0.25) is 0 Å². The summed E-state index contributed by atoms with van der Waals surface area (Å²) in [6.07, 6.45) is 47.3. The van der Waals surface area contributed by atoms with Gasteiger partial charge in [0.1, 0.15) is 0 Å². The molecule has 0 atom stereocenters. The summed E-state index contributed by atoms with van der Waals surface area (Å²) in [6, 6.07) is 0. The largest absolute Gasteiger partial charge is 0.348 e. The summed E-state index contributed by atoms with van der Waals surface area (Å²) in [5, 5.41) is 0. The maximum Gasteiger partial charge on any atom is 0.0925 e. The van der Waals surface area contributed by atoms with Crippen LogP contribution in [-0.4, -0.2) is 9.97 Å². The first-order chi connectivity index (χ1) is 19.4. The smallest absolute Gasteiger partial charge is 0.0925 e. The zero-order chi connectivity index (χ0) is 27.9. The highest BCUT2D eigenvalue weighted by atomic mass is 14.9. The molecule has 1 aromatic heterocycles. The van der Waals surface area contributed by atoms with Crippen LogP contribution in [0.2, 0.25) is 0 Å². The molecule has 0 aromatic carbocycles. The van der Waals surface area contributed by atoms with E-state index in [9.17, 15) is 0 Å². The van der Waals surface area contributed by atoms with Crippen molar-refractivity contribution in [3.63, 3.8) is 0 Å². The number of imidazole rings is 1. The molecule has 0 saturated heterocycles. The molecule has 2 heteroatoms. The van der Waals surface area contributed by atoms with Gasteiger partial charge in [0.25, 0.3) is 0 Å². The Labute approximate surface area is 246 Å². The molecule has 1 heterocycles. The van der Waals surface area contributed by atoms with Crippen molar-refractivity contribution in [3.05, 3.63) is 17.7 Å². The molecule has 230 valence electrons. The van der Waals surface area contributed by atoms with Crippen LogP contribution in [0.25, 0.3) is 0 Å². The molecule has 1 rings (SSSR count). The summed E-state index contributed by atoms with van der Waals surface area (Å²) in [6.45, 7) is 4.61. The molecule has 0 bridgehead atoms. The maximum atomic E-state index is 4.65. The van der Waals surface area contributed by atoms with Gasteiger partial charge in [0, 0.05) is 5.69 Å². The van der Waals surface area contributed by atoms with E-state index in [1.54, 1.807) is 0 Å². The number of aromatic amines is 1. The second-order valence-electron chi connectivity index (χ2n) is 12.7. The van der Waals surface area contributed by atoms with E-state index < -0.39 is 0 Å². The summed E-state index contributed by atoms with van der Waals surface area (Å²) >= 11 is 0. The van der Waals surface area contributed by atoms with Gasteiger partial charge in [-0.15, -0.1) is 0 Å². The summed E-state index contributed by atoms with van der Waals surface area (Å²) < 4.78 is 0. The summed E-state index contributed by atoms with van der Waals surface area (Å²) in [4.78, 5) is 8.10. The van der Waals surface area contributed by atoms with Crippen LogP contribution in [0, 0.1) is 0 Å². The highest BCUT2D eigenvalue weighted by Gasteiger charge is 2.05. The molecule has 0 aliphatic rings. The van der Waals surface area contributed by atoms with Gasteiger partial charge in [0.2, 0.25) is 0 Å². The Bertz CT molecular complexity index is 529. The lowest BCUT2D eigenvalue weighted by Gasteiger charge is -2.05. The van der Waals surface area contributed by atoms with Gasteiger partial charge in [0.05, 0.1) is 12.0 Å². The van der Waals surface area contributed by atoms with Crippen LogP contribution in [0.1, 0.15) is 218 Å². The van der Waals surface area contributed by atoms with Crippen LogP contribution in [0.5, 0.6) is 0 Å². The van der Waals surface area contributed by atoms with Gasteiger partial charge < -0.3 is 4.98 Å². The minimum atomic E-state index is 1.18. The molecule has 0 saturated carbocycles. The van der Waals surface area contributed by atoms with Gasteiger partial charge in [-0.05, 0) is 25.7 Å². The van der Waals surface area contributed by atoms with Crippen LogP contribution in [-0.2, 0) is 12.8 Å². The molecule has 0 aliphatic heterocycles. The lowest BCUT2D eigenvalue weighted by Crippen LogP contribution is -1.95. The van der Waals surface area contributed by atoms with E-state index in [2.05, 4.69) is 23.8 Å². The van der Waals surface area contributed by atoms with Gasteiger partial charge in [-0.25, -0.2) is 4.98 Å². The second kappa shape index (κ2) is 30.2. The normalized spacial score (nSPS) is 11.5. The van der Waals surface area contributed by atoms with E-state index in [0.29, 0.717) is 0 Å². The molecule has 1 N–H and O–H groups in total. The van der Waals surface area contributed by atoms with Crippen molar-refractivity contribution < 1.29 is 0 Å². The maximum absolute atomic E-state index is 4.65. The quantitative estimate of drug-likeness (QED) is 0.0897. The predicted molar refractivity (Wildman–Crippen MR) is 176 cm³/mol. The molecule has 39 heavy (non-hydrogen) atoms. The molecular weight excluding hydrogens is 472 g/mol. The van der Waals surface area contributed by atoms with Gasteiger partial charge in [0.15, 0.2) is 0 Å². The number of H-pyrrole nitrogens is 1. The number of nitrogens with zero attached hydrogens (tertiary/aromatic N) is 1. The van der Waals surface area contributed by atoms with E-state index in [1.807, 2.05) is 6.33 Å². The van der Waals surface area contributed by atoms with E-state index in [0.717, 1.165) is 0 Å². The molecule has 0 radical (unpaired) electrons. The van der Waals surface area contributed by atoms with Gasteiger partial charge in [-0.2, -0.15) is 0 Å². The third kappa shape index (κ3) is 24.7. The first kappa shape index (κ1) is 36.2. The van der Waals surface area contributed by atoms with Crippen LogP contribution in [0.3, 0.4) is 0 Å². The van der Waals surface area contributed by atoms with Crippen LogP contribution in [0.15, 0.2) is 6.33 Å². The molecule has 0 amide bonds. The molecule has 0 fully saturated rings. The monoisotopic (exact) mass is 545 g/mol. The SMILES string of the molecule is CCCCCCCCCCCCCCCCCc1nc[nH]c1CCCCCCCCCCCCCCCCC. The first-order valence-corrected chi connectivity index (χ1v) is 18.4. The van der Waals surface area contributed by atoms with Crippen LogP contribution >= 0.6 is 0 Å². The average Bonchev–Trinajstić information content (AvgIpc) is 3.40. The highest BCUT2D eigenvalue weighted by Crippen LogP contribution is 2.17. The van der Waals surface area contributed by atoms with E-state index in [1.165, 1.54) is 217 Å². The zero-order valence-corrected chi connectivity index (χ0v) is 27.2. The van der Waals surface area contributed by atoms with E-state index in [-0.39, 0.29) is 0 Å². The lowest BCUT2D eigenvalue weighted by molar-refractivity contribution is 0.530. The summed E-state index contributed by atoms with van der Waals surface area (Å²) in [5.74, 6) is 0. The van der Waals surface area contributed by atoms with Crippen molar-refractivity contribution in [1.29, 1.82) is 0 Å². The fourth-order valence-corrected chi connectivity index (χ4v) is 6.12. The first-order valence-electron chi connectivity index (χ1n) is 18.4. The third-order valence-electron chi connectivity index (χ3n) is 8.85. The van der Waals surface area contributed by atoms with Crippen molar-refractivity contribution in [2.75, 3.05) is 0 Å². The van der Waals surface area contributed by atoms with Crippen molar-refractivity contribution in [1.82, 2.24) is 9.97 Å². The number of rotatable bonds is 32. The topological polar surface area (TPSA) is 28.7 Å². The Balaban J connectivity index is 1.83. The Morgan fingerprint density at radius 2 is 0.667 bits per heavy atom. The Kier molecular flexibility index (Phi) is 28.0. The fourth-order valence-electron chi connectivity index (χ4n) is 6.12. The molecule has 0 aliphatic carbocycles. The van der Waals surface area contributed by atoms with Crippen molar-refractivity contribution in [2.45, 2.75) is 219 Å². The van der Waals surface area contributed by atoms with E-state index >= 15 is 0 Å².